The van der Waals surface area contributed by atoms with Crippen molar-refractivity contribution < 1.29 is 9.18 Å². The number of aromatic nitrogens is 2. The van der Waals surface area contributed by atoms with Crippen molar-refractivity contribution in [3.8, 4) is 16.9 Å². The summed E-state index contributed by atoms with van der Waals surface area (Å²) in [6.07, 6.45) is 4.18. The van der Waals surface area contributed by atoms with Crippen LogP contribution in [-0.2, 0) is 6.54 Å². The van der Waals surface area contributed by atoms with E-state index in [4.69, 9.17) is 5.10 Å². The van der Waals surface area contributed by atoms with E-state index in [2.05, 4.69) is 17.3 Å². The zero-order chi connectivity index (χ0) is 22.1. The quantitative estimate of drug-likeness (QED) is 0.679. The van der Waals surface area contributed by atoms with Crippen LogP contribution in [0, 0.1) is 11.7 Å². The Balaban J connectivity index is 1.38. The number of nitrogens with zero attached hydrogens (tertiary/aromatic N) is 4. The number of piperidine rings is 1. The number of fused-ring (bicyclic) bond motifs is 1. The normalized spacial score (nSPS) is 20.9. The Labute approximate surface area is 187 Å². The highest BCUT2D eigenvalue weighted by Gasteiger charge is 2.39. The predicted molar refractivity (Wildman–Crippen MR) is 122 cm³/mol. The minimum Gasteiger partial charge on any atom is -0.334 e. The zero-order valence-electron chi connectivity index (χ0n) is 18.2. The summed E-state index contributed by atoms with van der Waals surface area (Å²) in [6.45, 7) is 3.16. The first kappa shape index (κ1) is 20.7. The third kappa shape index (κ3) is 4.12. The standard InChI is InChI=1S/C25H28FN5O/c1-29-15-19-6-5-13-30(23(19)17-29)25(32)27-14-20-16-31(22-7-3-2-4-8-22)28-24(20)18-9-11-21(26)12-10-18/h2-4,7-12,16,19,23H,5-6,13-15,17H2,1H3,(H,27,32)/t19-,23+/m0/s1. The Morgan fingerprint density at radius 2 is 1.91 bits per heavy atom. The first-order chi connectivity index (χ1) is 15.6. The monoisotopic (exact) mass is 433 g/mol. The molecule has 166 valence electrons. The average molecular weight is 434 g/mol. The molecule has 1 N–H and O–H groups in total. The number of benzene rings is 2. The van der Waals surface area contributed by atoms with E-state index >= 15 is 0 Å². The van der Waals surface area contributed by atoms with E-state index in [1.165, 1.54) is 18.6 Å². The van der Waals surface area contributed by atoms with Gasteiger partial charge in [0.2, 0.25) is 0 Å². The SMILES string of the molecule is CN1C[C@@H]2CCCN(C(=O)NCc3cn(-c4ccccc4)nc3-c3ccc(F)cc3)[C@@H]2C1. The van der Waals surface area contributed by atoms with Crippen LogP contribution in [0.15, 0.2) is 60.8 Å². The van der Waals surface area contributed by atoms with Crippen molar-refractivity contribution in [2.45, 2.75) is 25.4 Å². The molecule has 2 amide bonds. The van der Waals surface area contributed by atoms with Crippen molar-refractivity contribution in [1.29, 1.82) is 0 Å². The molecule has 6 nitrogen and oxygen atoms in total. The third-order valence-electron chi connectivity index (χ3n) is 6.58. The van der Waals surface area contributed by atoms with Gasteiger partial charge in [-0.1, -0.05) is 18.2 Å². The van der Waals surface area contributed by atoms with Crippen LogP contribution in [0.2, 0.25) is 0 Å². The minimum absolute atomic E-state index is 0.0208. The van der Waals surface area contributed by atoms with E-state index < -0.39 is 0 Å². The fraction of sp³-hybridized carbons (Fsp3) is 0.360. The van der Waals surface area contributed by atoms with Crippen LogP contribution in [0.5, 0.6) is 0 Å². The number of carbonyl (C=O) groups excluding carboxylic acids is 1. The van der Waals surface area contributed by atoms with Crippen LogP contribution in [-0.4, -0.2) is 58.3 Å². The maximum Gasteiger partial charge on any atom is 0.317 e. The summed E-state index contributed by atoms with van der Waals surface area (Å²) in [5.41, 5.74) is 3.39. The Bertz CT molecular complexity index is 1080. The topological polar surface area (TPSA) is 53.4 Å². The van der Waals surface area contributed by atoms with Crippen molar-refractivity contribution in [3.05, 3.63) is 72.2 Å². The highest BCUT2D eigenvalue weighted by molar-refractivity contribution is 5.75. The molecule has 32 heavy (non-hydrogen) atoms. The first-order valence-corrected chi connectivity index (χ1v) is 11.2. The van der Waals surface area contributed by atoms with Crippen molar-refractivity contribution in [2.24, 2.45) is 5.92 Å². The maximum atomic E-state index is 13.5. The van der Waals surface area contributed by atoms with E-state index in [9.17, 15) is 9.18 Å². The maximum absolute atomic E-state index is 13.5. The Hall–Kier alpha value is -3.19. The number of carbonyl (C=O) groups is 1. The number of hydrogen-bond donors (Lipinski definition) is 1. The molecule has 2 atom stereocenters. The smallest absolute Gasteiger partial charge is 0.317 e. The Morgan fingerprint density at radius 3 is 2.69 bits per heavy atom. The molecule has 0 unspecified atom stereocenters. The Morgan fingerprint density at radius 1 is 1.12 bits per heavy atom. The average Bonchev–Trinajstić information content (AvgIpc) is 3.41. The summed E-state index contributed by atoms with van der Waals surface area (Å²) in [5.74, 6) is 0.280. The van der Waals surface area contributed by atoms with Crippen LogP contribution >= 0.6 is 0 Å². The number of likely N-dealkylation sites (N-methyl/N-ethyl adjacent to an activating group) is 1. The summed E-state index contributed by atoms with van der Waals surface area (Å²) < 4.78 is 15.3. The van der Waals surface area contributed by atoms with Gasteiger partial charge >= 0.3 is 6.03 Å². The zero-order valence-corrected chi connectivity index (χ0v) is 18.2. The van der Waals surface area contributed by atoms with Gasteiger partial charge in [0.05, 0.1) is 17.4 Å². The van der Waals surface area contributed by atoms with E-state index in [0.717, 1.165) is 48.6 Å². The molecule has 2 aliphatic heterocycles. The molecule has 0 spiro atoms. The molecular weight excluding hydrogens is 405 g/mol. The van der Waals surface area contributed by atoms with Crippen molar-refractivity contribution in [3.63, 3.8) is 0 Å². The second-order valence-corrected chi connectivity index (χ2v) is 8.83. The van der Waals surface area contributed by atoms with Gasteiger partial charge in [0.25, 0.3) is 0 Å². The van der Waals surface area contributed by atoms with Crippen LogP contribution in [0.1, 0.15) is 18.4 Å². The fourth-order valence-corrected chi connectivity index (χ4v) is 5.02. The molecule has 2 fully saturated rings. The van der Waals surface area contributed by atoms with Crippen LogP contribution < -0.4 is 5.32 Å². The molecular formula is C25H28FN5O. The number of nitrogens with one attached hydrogen (secondary N) is 1. The molecule has 1 aromatic heterocycles. The van der Waals surface area contributed by atoms with E-state index in [0.29, 0.717) is 12.5 Å². The second kappa shape index (κ2) is 8.74. The number of urea groups is 1. The Kier molecular flexibility index (Phi) is 5.66. The molecule has 7 heteroatoms. The van der Waals surface area contributed by atoms with Crippen LogP contribution in [0.3, 0.4) is 0 Å². The lowest BCUT2D eigenvalue weighted by atomic mass is 9.92. The summed E-state index contributed by atoms with van der Waals surface area (Å²) in [5, 5.41) is 7.88. The highest BCUT2D eigenvalue weighted by Crippen LogP contribution is 2.30. The van der Waals surface area contributed by atoms with Gasteiger partial charge < -0.3 is 15.1 Å². The second-order valence-electron chi connectivity index (χ2n) is 8.83. The predicted octanol–water partition coefficient (Wildman–Crippen LogP) is 3.91. The lowest BCUT2D eigenvalue weighted by Gasteiger charge is -2.37. The number of hydrogen-bond acceptors (Lipinski definition) is 3. The molecule has 0 saturated carbocycles. The minimum atomic E-state index is -0.285. The van der Waals surface area contributed by atoms with Crippen molar-refractivity contribution in [1.82, 2.24) is 24.9 Å². The van der Waals surface area contributed by atoms with E-state index in [-0.39, 0.29) is 17.9 Å². The van der Waals surface area contributed by atoms with Gasteiger partial charge in [0.15, 0.2) is 0 Å². The number of likely N-dealkylation sites (tertiary alicyclic amines) is 2. The molecule has 0 aliphatic carbocycles. The van der Waals surface area contributed by atoms with Gasteiger partial charge in [0, 0.05) is 43.5 Å². The summed E-state index contributed by atoms with van der Waals surface area (Å²) >= 11 is 0. The number of amides is 2. The number of para-hydroxylation sites is 1. The molecule has 3 heterocycles. The molecule has 2 aliphatic rings. The number of halogens is 1. The first-order valence-electron chi connectivity index (χ1n) is 11.2. The fourth-order valence-electron chi connectivity index (χ4n) is 5.02. The van der Waals surface area contributed by atoms with Gasteiger partial charge in [-0.15, -0.1) is 0 Å². The van der Waals surface area contributed by atoms with Crippen molar-refractivity contribution in [2.75, 3.05) is 26.7 Å². The third-order valence-corrected chi connectivity index (χ3v) is 6.58. The van der Waals surface area contributed by atoms with Gasteiger partial charge in [-0.05, 0) is 62.2 Å². The van der Waals surface area contributed by atoms with Crippen molar-refractivity contribution >= 4 is 6.03 Å². The van der Waals surface area contributed by atoms with Gasteiger partial charge in [0.1, 0.15) is 5.82 Å². The number of rotatable bonds is 4. The molecule has 2 aromatic carbocycles. The molecule has 0 bridgehead atoms. The lowest BCUT2D eigenvalue weighted by Crippen LogP contribution is -2.52. The summed E-state index contributed by atoms with van der Waals surface area (Å²) in [4.78, 5) is 17.4. The lowest BCUT2D eigenvalue weighted by molar-refractivity contribution is 0.135. The van der Waals surface area contributed by atoms with E-state index in [1.54, 1.807) is 12.1 Å². The largest absolute Gasteiger partial charge is 0.334 e. The highest BCUT2D eigenvalue weighted by atomic mass is 19.1. The molecule has 3 aromatic rings. The van der Waals surface area contributed by atoms with Gasteiger partial charge in [-0.25, -0.2) is 13.9 Å². The molecule has 2 saturated heterocycles. The molecule has 5 rings (SSSR count). The molecule has 0 radical (unpaired) electrons. The van der Waals surface area contributed by atoms with Gasteiger partial charge in [-0.3, -0.25) is 0 Å². The summed E-state index contributed by atoms with van der Waals surface area (Å²) in [6, 6.07) is 16.4. The van der Waals surface area contributed by atoms with Gasteiger partial charge in [-0.2, -0.15) is 5.10 Å². The van der Waals surface area contributed by atoms with Crippen LogP contribution in [0.4, 0.5) is 9.18 Å². The van der Waals surface area contributed by atoms with E-state index in [1.807, 2.05) is 46.1 Å². The van der Waals surface area contributed by atoms with Crippen LogP contribution in [0.25, 0.3) is 16.9 Å². The summed E-state index contributed by atoms with van der Waals surface area (Å²) in [7, 11) is 2.13.